The van der Waals surface area contributed by atoms with Crippen molar-refractivity contribution in [2.24, 2.45) is 5.10 Å². The van der Waals surface area contributed by atoms with Crippen molar-refractivity contribution in [3.05, 3.63) is 80.6 Å². The van der Waals surface area contributed by atoms with Crippen molar-refractivity contribution in [2.75, 3.05) is 13.4 Å². The van der Waals surface area contributed by atoms with Gasteiger partial charge in [-0.2, -0.15) is 5.10 Å². The third kappa shape index (κ3) is 5.82. The summed E-state index contributed by atoms with van der Waals surface area (Å²) >= 11 is 0. The van der Waals surface area contributed by atoms with E-state index in [0.717, 1.165) is 27.5 Å². The van der Waals surface area contributed by atoms with Crippen LogP contribution in [0.15, 0.2) is 63.4 Å². The Balaban J connectivity index is 2.18. The van der Waals surface area contributed by atoms with Gasteiger partial charge >= 0.3 is 5.69 Å². The number of nitrogens with one attached hydrogen (secondary N) is 2. The van der Waals surface area contributed by atoms with Gasteiger partial charge < -0.3 is 9.72 Å². The van der Waals surface area contributed by atoms with Gasteiger partial charge in [-0.25, -0.2) is 22.6 Å². The number of ether oxygens (including phenoxy) is 1. The second-order valence-electron chi connectivity index (χ2n) is 8.86. The maximum Gasteiger partial charge on any atom is 0.332 e. The number of hydrogen-bond donors (Lipinski definition) is 2. The Morgan fingerprint density at radius 3 is 2.50 bits per heavy atom. The SMILES string of the molecule is COc1c(-c2cccc(C/C=N/NS(C)(=O)=O)c2)cc(-n2c(=O)cc[nH]c2=O)cc1C(C)(C)C. The highest BCUT2D eigenvalue weighted by molar-refractivity contribution is 7.88. The summed E-state index contributed by atoms with van der Waals surface area (Å²) in [5, 5.41) is 3.73. The number of aromatic nitrogens is 2. The number of nitrogens with zero attached hydrogens (tertiary/aromatic N) is 2. The van der Waals surface area contributed by atoms with Crippen LogP contribution in [0.3, 0.4) is 0 Å². The lowest BCUT2D eigenvalue weighted by molar-refractivity contribution is 0.399. The monoisotopic (exact) mass is 484 g/mol. The van der Waals surface area contributed by atoms with E-state index in [9.17, 15) is 18.0 Å². The largest absolute Gasteiger partial charge is 0.496 e. The molecule has 0 saturated heterocycles. The van der Waals surface area contributed by atoms with Crippen LogP contribution in [0.2, 0.25) is 0 Å². The van der Waals surface area contributed by atoms with E-state index in [1.165, 1.54) is 18.5 Å². The van der Waals surface area contributed by atoms with Gasteiger partial charge in [0.15, 0.2) is 0 Å². The molecule has 3 rings (SSSR count). The molecule has 0 aliphatic heterocycles. The molecule has 34 heavy (non-hydrogen) atoms. The highest BCUT2D eigenvalue weighted by atomic mass is 32.2. The lowest BCUT2D eigenvalue weighted by atomic mass is 9.83. The van der Waals surface area contributed by atoms with Crippen LogP contribution in [0.1, 0.15) is 31.9 Å². The molecule has 2 N–H and O–H groups in total. The molecule has 0 bridgehead atoms. The lowest BCUT2D eigenvalue weighted by Crippen LogP contribution is -2.32. The normalized spacial score (nSPS) is 12.1. The third-order valence-corrected chi connectivity index (χ3v) is 5.51. The average molecular weight is 485 g/mol. The first-order chi connectivity index (χ1) is 15.9. The molecule has 9 nitrogen and oxygen atoms in total. The summed E-state index contributed by atoms with van der Waals surface area (Å²) in [4.78, 5) is 29.6. The molecule has 0 unspecified atom stereocenters. The molecule has 0 aliphatic carbocycles. The molecule has 0 saturated carbocycles. The molecule has 2 aromatic carbocycles. The minimum Gasteiger partial charge on any atom is -0.496 e. The van der Waals surface area contributed by atoms with Crippen LogP contribution < -0.4 is 20.8 Å². The van der Waals surface area contributed by atoms with E-state index in [4.69, 9.17) is 4.74 Å². The lowest BCUT2D eigenvalue weighted by Gasteiger charge is -2.25. The van der Waals surface area contributed by atoms with E-state index < -0.39 is 21.3 Å². The van der Waals surface area contributed by atoms with E-state index >= 15 is 0 Å². The summed E-state index contributed by atoms with van der Waals surface area (Å²) in [7, 11) is -1.83. The van der Waals surface area contributed by atoms with Crippen molar-refractivity contribution in [1.29, 1.82) is 0 Å². The Morgan fingerprint density at radius 2 is 1.88 bits per heavy atom. The number of benzene rings is 2. The minimum atomic E-state index is -3.42. The Morgan fingerprint density at radius 1 is 1.15 bits per heavy atom. The molecule has 0 radical (unpaired) electrons. The highest BCUT2D eigenvalue weighted by Gasteiger charge is 2.24. The number of hydrazone groups is 1. The number of H-pyrrole nitrogens is 1. The van der Waals surface area contributed by atoms with Crippen LogP contribution in [0.4, 0.5) is 0 Å². The number of rotatable bonds is 7. The van der Waals surface area contributed by atoms with Crippen LogP contribution in [-0.4, -0.2) is 37.5 Å². The number of sulfonamides is 1. The zero-order valence-electron chi connectivity index (χ0n) is 19.7. The molecular weight excluding hydrogens is 456 g/mol. The standard InChI is InChI=1S/C24H28N4O5S/c1-24(2,3)20-15-18(28-21(29)10-11-25-23(28)30)14-19(22(20)33-4)17-8-6-7-16(13-17)9-12-26-27-34(5,31)32/h6-8,10-15,27H,9H2,1-5H3,(H,25,30)/b26-12+. The molecule has 10 heteroatoms. The van der Waals surface area contributed by atoms with Gasteiger partial charge in [-0.15, -0.1) is 0 Å². The van der Waals surface area contributed by atoms with Gasteiger partial charge in [-0.05, 0) is 28.7 Å². The van der Waals surface area contributed by atoms with E-state index in [1.807, 2.05) is 45.0 Å². The fourth-order valence-corrected chi connectivity index (χ4v) is 3.82. The van der Waals surface area contributed by atoms with Crippen LogP contribution in [0.5, 0.6) is 5.75 Å². The molecule has 3 aromatic rings. The quantitative estimate of drug-likeness (QED) is 0.394. The van der Waals surface area contributed by atoms with Crippen LogP contribution in [0, 0.1) is 0 Å². The van der Waals surface area contributed by atoms with Gasteiger partial charge in [0.25, 0.3) is 5.56 Å². The van der Waals surface area contributed by atoms with Crippen molar-refractivity contribution in [2.45, 2.75) is 32.6 Å². The molecule has 1 aromatic heterocycles. The Hall–Kier alpha value is -3.66. The van der Waals surface area contributed by atoms with Crippen LogP contribution >= 0.6 is 0 Å². The molecule has 0 aliphatic rings. The van der Waals surface area contributed by atoms with Gasteiger partial charge in [0, 0.05) is 36.0 Å². The maximum atomic E-state index is 12.5. The molecule has 0 fully saturated rings. The van der Waals surface area contributed by atoms with E-state index in [1.54, 1.807) is 19.2 Å². The van der Waals surface area contributed by atoms with E-state index in [-0.39, 0.29) is 5.41 Å². The van der Waals surface area contributed by atoms with Crippen LogP contribution in [-0.2, 0) is 21.9 Å². The summed E-state index contributed by atoms with van der Waals surface area (Å²) in [5.74, 6) is 0.640. The molecule has 1 heterocycles. The topological polar surface area (TPSA) is 123 Å². The fraction of sp³-hybridized carbons (Fsp3) is 0.292. The van der Waals surface area contributed by atoms with Crippen molar-refractivity contribution in [3.63, 3.8) is 0 Å². The predicted octanol–water partition coefficient (Wildman–Crippen LogP) is 2.58. The predicted molar refractivity (Wildman–Crippen MR) is 134 cm³/mol. The summed E-state index contributed by atoms with van der Waals surface area (Å²) in [6.07, 6.45) is 4.21. The third-order valence-electron chi connectivity index (χ3n) is 5.08. The van der Waals surface area contributed by atoms with E-state index in [0.29, 0.717) is 23.4 Å². The maximum absolute atomic E-state index is 12.5. The summed E-state index contributed by atoms with van der Waals surface area (Å²) in [6, 6.07) is 12.4. The second kappa shape index (κ2) is 9.68. The van der Waals surface area contributed by atoms with Crippen molar-refractivity contribution >= 4 is 16.2 Å². The van der Waals surface area contributed by atoms with Gasteiger partial charge in [0.1, 0.15) is 5.75 Å². The minimum absolute atomic E-state index is 0.344. The van der Waals surface area contributed by atoms with Gasteiger partial charge in [-0.3, -0.25) is 4.79 Å². The first-order valence-corrected chi connectivity index (χ1v) is 12.4. The second-order valence-corrected chi connectivity index (χ2v) is 10.6. The molecule has 0 spiro atoms. The van der Waals surface area contributed by atoms with Gasteiger partial charge in [0.2, 0.25) is 10.0 Å². The zero-order valence-corrected chi connectivity index (χ0v) is 20.6. The van der Waals surface area contributed by atoms with Crippen molar-refractivity contribution in [3.8, 4) is 22.6 Å². The van der Waals surface area contributed by atoms with Crippen molar-refractivity contribution in [1.82, 2.24) is 14.4 Å². The number of hydrogen-bond acceptors (Lipinski definition) is 6. The summed E-state index contributed by atoms with van der Waals surface area (Å²) in [6.45, 7) is 6.08. The fourth-order valence-electron chi connectivity index (χ4n) is 3.55. The van der Waals surface area contributed by atoms with Gasteiger partial charge in [0.05, 0.1) is 19.1 Å². The summed E-state index contributed by atoms with van der Waals surface area (Å²) in [5.41, 5.74) is 2.35. The molecule has 180 valence electrons. The van der Waals surface area contributed by atoms with Crippen LogP contribution in [0.25, 0.3) is 16.8 Å². The first-order valence-electron chi connectivity index (χ1n) is 10.5. The first kappa shape index (κ1) is 25.0. The van der Waals surface area contributed by atoms with E-state index in [2.05, 4.69) is 14.9 Å². The van der Waals surface area contributed by atoms with Gasteiger partial charge in [-0.1, -0.05) is 45.0 Å². The average Bonchev–Trinajstić information content (AvgIpc) is 2.75. The van der Waals surface area contributed by atoms with Crippen molar-refractivity contribution < 1.29 is 13.2 Å². The summed E-state index contributed by atoms with van der Waals surface area (Å²) < 4.78 is 29.2. The molecular formula is C24H28N4O5S. The Kier molecular flexibility index (Phi) is 7.11. The smallest absolute Gasteiger partial charge is 0.332 e. The molecule has 0 atom stereocenters. The Labute approximate surface area is 198 Å². The number of aromatic amines is 1. The Bertz CT molecular complexity index is 1420. The number of methoxy groups -OCH3 is 1. The molecule has 0 amide bonds. The highest BCUT2D eigenvalue weighted by Crippen LogP contribution is 2.41. The zero-order chi connectivity index (χ0) is 25.1.